The summed E-state index contributed by atoms with van der Waals surface area (Å²) in [5.74, 6) is -2.07. The molecular weight excluding hydrogens is 342 g/mol. The van der Waals surface area contributed by atoms with Gasteiger partial charge in [-0.05, 0) is 37.1 Å². The van der Waals surface area contributed by atoms with Gasteiger partial charge in [-0.1, -0.05) is 0 Å². The van der Waals surface area contributed by atoms with Gasteiger partial charge in [0.05, 0.1) is 0 Å². The van der Waals surface area contributed by atoms with E-state index in [4.69, 9.17) is 5.41 Å². The van der Waals surface area contributed by atoms with Gasteiger partial charge >= 0.3 is 6.36 Å². The molecule has 1 fully saturated rings. The summed E-state index contributed by atoms with van der Waals surface area (Å²) >= 11 is 0. The number of allylic oxidation sites excluding steroid dienone is 1. The third-order valence-corrected chi connectivity index (χ3v) is 4.20. The second kappa shape index (κ2) is 6.38. The summed E-state index contributed by atoms with van der Waals surface area (Å²) in [6.07, 6.45) is -1.92. The molecule has 134 valence electrons. The third-order valence-electron chi connectivity index (χ3n) is 4.20. The molecule has 1 aromatic carbocycles. The quantitative estimate of drug-likeness (QED) is 0.818. The molecule has 2 N–H and O–H groups in total. The molecule has 1 saturated heterocycles. The lowest BCUT2D eigenvalue weighted by atomic mass is 9.90. The number of halogens is 4. The SMILES string of the molecule is N=C1C=C(C2CCN(C(=O)c3ccc(F)c(OC(F)(F)F)c3)CC2)N1. The average molecular weight is 357 g/mol. The number of amidine groups is 1. The highest BCUT2D eigenvalue weighted by molar-refractivity contribution is 5.98. The first-order valence-electron chi connectivity index (χ1n) is 7.64. The molecule has 0 saturated carbocycles. The summed E-state index contributed by atoms with van der Waals surface area (Å²) < 4.78 is 53.9. The van der Waals surface area contributed by atoms with Crippen LogP contribution in [0.5, 0.6) is 5.75 Å². The molecule has 0 bridgehead atoms. The number of ether oxygens (including phenoxy) is 1. The standard InChI is InChI=1S/C16H15F4N3O2/c17-11-2-1-10(7-13(11)25-16(18,19)20)15(24)23-5-3-9(4-6-23)12-8-14(21)22-12/h1-2,7-9H,3-6H2,(H2,21,22). The Labute approximate surface area is 140 Å². The van der Waals surface area contributed by atoms with Crippen LogP contribution in [0.1, 0.15) is 23.2 Å². The smallest absolute Gasteiger partial charge is 0.403 e. The minimum absolute atomic E-state index is 0.0538. The molecular formula is C16H15F4N3O2. The summed E-state index contributed by atoms with van der Waals surface area (Å²) in [5.41, 5.74) is 0.918. The fourth-order valence-corrected chi connectivity index (χ4v) is 2.94. The molecule has 1 aromatic rings. The van der Waals surface area contributed by atoms with Crippen LogP contribution in [0.15, 0.2) is 30.0 Å². The second-order valence-corrected chi connectivity index (χ2v) is 5.90. The van der Waals surface area contributed by atoms with Crippen molar-refractivity contribution >= 4 is 11.7 Å². The van der Waals surface area contributed by atoms with E-state index in [1.807, 2.05) is 0 Å². The van der Waals surface area contributed by atoms with Gasteiger partial charge in [0, 0.05) is 30.3 Å². The van der Waals surface area contributed by atoms with Gasteiger partial charge in [0.25, 0.3) is 5.91 Å². The Balaban J connectivity index is 1.66. The molecule has 1 amide bonds. The van der Waals surface area contributed by atoms with E-state index >= 15 is 0 Å². The summed E-state index contributed by atoms with van der Waals surface area (Å²) in [4.78, 5) is 14.0. The van der Waals surface area contributed by atoms with Gasteiger partial charge in [-0.2, -0.15) is 0 Å². The molecule has 2 aliphatic heterocycles. The number of nitrogens with one attached hydrogen (secondary N) is 2. The van der Waals surface area contributed by atoms with Crippen molar-refractivity contribution < 1.29 is 27.1 Å². The lowest BCUT2D eigenvalue weighted by Crippen LogP contribution is -2.43. The lowest BCUT2D eigenvalue weighted by Gasteiger charge is -2.35. The van der Waals surface area contributed by atoms with Gasteiger partial charge in [0.2, 0.25) is 0 Å². The number of carbonyl (C=O) groups is 1. The number of nitrogens with zero attached hydrogens (tertiary/aromatic N) is 1. The van der Waals surface area contributed by atoms with E-state index in [0.29, 0.717) is 31.8 Å². The van der Waals surface area contributed by atoms with Crippen LogP contribution in [0.25, 0.3) is 0 Å². The van der Waals surface area contributed by atoms with Crippen LogP contribution in [0.3, 0.4) is 0 Å². The van der Waals surface area contributed by atoms with Crippen molar-refractivity contribution in [2.45, 2.75) is 19.2 Å². The minimum Gasteiger partial charge on any atom is -0.403 e. The molecule has 9 heteroatoms. The van der Waals surface area contributed by atoms with Gasteiger partial charge in [-0.25, -0.2) is 4.39 Å². The molecule has 0 aliphatic carbocycles. The Morgan fingerprint density at radius 3 is 2.48 bits per heavy atom. The van der Waals surface area contributed by atoms with E-state index in [-0.39, 0.29) is 11.5 Å². The fraction of sp³-hybridized carbons (Fsp3) is 0.375. The zero-order chi connectivity index (χ0) is 18.2. The number of rotatable bonds is 3. The molecule has 0 unspecified atom stereocenters. The summed E-state index contributed by atoms with van der Waals surface area (Å²) in [6.45, 7) is 0.866. The topological polar surface area (TPSA) is 65.4 Å². The highest BCUT2D eigenvalue weighted by Crippen LogP contribution is 2.29. The zero-order valence-electron chi connectivity index (χ0n) is 13.0. The highest BCUT2D eigenvalue weighted by Gasteiger charge is 2.33. The first-order valence-corrected chi connectivity index (χ1v) is 7.64. The van der Waals surface area contributed by atoms with Crippen molar-refractivity contribution in [3.8, 4) is 5.75 Å². The van der Waals surface area contributed by atoms with Crippen LogP contribution in [-0.2, 0) is 0 Å². The van der Waals surface area contributed by atoms with Crippen LogP contribution in [0.2, 0.25) is 0 Å². The van der Waals surface area contributed by atoms with Crippen LogP contribution in [0, 0.1) is 17.1 Å². The number of amides is 1. The van der Waals surface area contributed by atoms with Crippen molar-refractivity contribution in [2.75, 3.05) is 13.1 Å². The van der Waals surface area contributed by atoms with Crippen LogP contribution >= 0.6 is 0 Å². The molecule has 5 nitrogen and oxygen atoms in total. The predicted molar refractivity (Wildman–Crippen MR) is 80.7 cm³/mol. The van der Waals surface area contributed by atoms with Gasteiger partial charge in [0.15, 0.2) is 11.6 Å². The molecule has 0 aromatic heterocycles. The maximum Gasteiger partial charge on any atom is 0.573 e. The summed E-state index contributed by atoms with van der Waals surface area (Å²) in [5, 5.41) is 10.2. The molecule has 0 spiro atoms. The first kappa shape index (κ1) is 17.2. The number of likely N-dealkylation sites (tertiary alicyclic amines) is 1. The molecule has 3 rings (SSSR count). The van der Waals surface area contributed by atoms with E-state index in [1.54, 1.807) is 6.08 Å². The van der Waals surface area contributed by atoms with Gasteiger partial charge in [-0.3, -0.25) is 10.2 Å². The number of hydrogen-bond donors (Lipinski definition) is 2. The average Bonchev–Trinajstić information content (AvgIpc) is 2.52. The Bertz CT molecular complexity index is 737. The van der Waals surface area contributed by atoms with Gasteiger partial charge in [0.1, 0.15) is 5.84 Å². The first-order chi connectivity index (χ1) is 11.7. The zero-order valence-corrected chi connectivity index (χ0v) is 13.0. The maximum absolute atomic E-state index is 13.4. The maximum atomic E-state index is 13.4. The van der Waals surface area contributed by atoms with E-state index in [0.717, 1.165) is 23.9 Å². The number of alkyl halides is 3. The fourth-order valence-electron chi connectivity index (χ4n) is 2.94. The van der Waals surface area contributed by atoms with Crippen LogP contribution < -0.4 is 10.1 Å². The molecule has 2 heterocycles. The number of piperidine rings is 1. The van der Waals surface area contributed by atoms with Crippen molar-refractivity contribution in [3.05, 3.63) is 41.4 Å². The van der Waals surface area contributed by atoms with Crippen molar-refractivity contribution in [1.82, 2.24) is 10.2 Å². The second-order valence-electron chi connectivity index (χ2n) is 5.90. The molecule has 2 aliphatic rings. The predicted octanol–water partition coefficient (Wildman–Crippen LogP) is 3.04. The Kier molecular flexibility index (Phi) is 4.40. The third kappa shape index (κ3) is 3.92. The Morgan fingerprint density at radius 1 is 1.28 bits per heavy atom. The van der Waals surface area contributed by atoms with Crippen molar-refractivity contribution in [1.29, 1.82) is 5.41 Å². The summed E-state index contributed by atoms with van der Waals surface area (Å²) in [6, 6.07) is 2.70. The Morgan fingerprint density at radius 2 is 1.92 bits per heavy atom. The normalized spacial score (nSPS) is 18.3. The number of benzene rings is 1. The monoisotopic (exact) mass is 357 g/mol. The van der Waals surface area contributed by atoms with Crippen LogP contribution in [0.4, 0.5) is 17.6 Å². The van der Waals surface area contributed by atoms with Gasteiger partial charge < -0.3 is 15.0 Å². The van der Waals surface area contributed by atoms with Crippen molar-refractivity contribution in [3.63, 3.8) is 0 Å². The van der Waals surface area contributed by atoms with Crippen LogP contribution in [-0.4, -0.2) is 36.1 Å². The Hall–Kier alpha value is -2.58. The van der Waals surface area contributed by atoms with Crippen molar-refractivity contribution in [2.24, 2.45) is 5.92 Å². The molecule has 0 atom stereocenters. The number of hydrogen-bond acceptors (Lipinski definition) is 3. The molecule has 25 heavy (non-hydrogen) atoms. The largest absolute Gasteiger partial charge is 0.573 e. The molecule has 0 radical (unpaired) electrons. The summed E-state index contributed by atoms with van der Waals surface area (Å²) in [7, 11) is 0. The lowest BCUT2D eigenvalue weighted by molar-refractivity contribution is -0.275. The van der Waals surface area contributed by atoms with Gasteiger partial charge in [-0.15, -0.1) is 13.2 Å². The van der Waals surface area contributed by atoms with E-state index in [1.165, 1.54) is 4.90 Å². The number of carbonyl (C=O) groups excluding carboxylic acids is 1. The van der Waals surface area contributed by atoms with E-state index < -0.39 is 23.8 Å². The van der Waals surface area contributed by atoms with E-state index in [9.17, 15) is 22.4 Å². The minimum atomic E-state index is -5.03. The van der Waals surface area contributed by atoms with E-state index in [2.05, 4.69) is 10.1 Å². The highest BCUT2D eigenvalue weighted by atomic mass is 19.4.